The van der Waals surface area contributed by atoms with Crippen molar-refractivity contribution in [3.8, 4) is 0 Å². The largest absolute Gasteiger partial charge is 0.316 e. The summed E-state index contributed by atoms with van der Waals surface area (Å²) in [5.41, 5.74) is 0.416. The standard InChI is InChI=1S/C12H25N/c1-5-6-7-8-9-10-13-11-12(2,3)4/h6-7,13H,5,8-11H2,1-4H3/b7-6-. The average Bonchev–Trinajstić information content (AvgIpc) is 2.01. The Balaban J connectivity index is 3.13. The summed E-state index contributed by atoms with van der Waals surface area (Å²) in [6, 6.07) is 0. The third kappa shape index (κ3) is 11.7. The molecule has 78 valence electrons. The Morgan fingerprint density at radius 3 is 2.38 bits per heavy atom. The van der Waals surface area contributed by atoms with E-state index in [4.69, 9.17) is 0 Å². The number of hydrogen-bond acceptors (Lipinski definition) is 1. The zero-order valence-electron chi connectivity index (χ0n) is 9.69. The van der Waals surface area contributed by atoms with Crippen LogP contribution in [0.25, 0.3) is 0 Å². The lowest BCUT2D eigenvalue weighted by molar-refractivity contribution is 0.379. The third-order valence-electron chi connectivity index (χ3n) is 1.78. The van der Waals surface area contributed by atoms with Gasteiger partial charge in [-0.1, -0.05) is 39.8 Å². The molecule has 0 spiro atoms. The molecule has 0 aromatic heterocycles. The summed E-state index contributed by atoms with van der Waals surface area (Å²) in [6.07, 6.45) is 8.15. The zero-order valence-corrected chi connectivity index (χ0v) is 9.69. The van der Waals surface area contributed by atoms with Crippen LogP contribution in [0.5, 0.6) is 0 Å². The molecular weight excluding hydrogens is 158 g/mol. The van der Waals surface area contributed by atoms with Crippen molar-refractivity contribution in [3.05, 3.63) is 12.2 Å². The number of rotatable bonds is 6. The second kappa shape index (κ2) is 7.14. The quantitative estimate of drug-likeness (QED) is 0.492. The summed E-state index contributed by atoms with van der Waals surface area (Å²) in [5, 5.41) is 3.47. The Morgan fingerprint density at radius 2 is 1.85 bits per heavy atom. The fourth-order valence-electron chi connectivity index (χ4n) is 1.09. The molecule has 0 aliphatic rings. The molecule has 0 aliphatic carbocycles. The smallest absolute Gasteiger partial charge is 0.0000123 e. The van der Waals surface area contributed by atoms with Gasteiger partial charge in [-0.3, -0.25) is 0 Å². The zero-order chi connectivity index (χ0) is 10.2. The van der Waals surface area contributed by atoms with Crippen molar-refractivity contribution >= 4 is 0 Å². The van der Waals surface area contributed by atoms with Gasteiger partial charge in [0.15, 0.2) is 0 Å². The molecule has 0 saturated heterocycles. The van der Waals surface area contributed by atoms with Crippen molar-refractivity contribution in [2.24, 2.45) is 5.41 Å². The van der Waals surface area contributed by atoms with Crippen LogP contribution in [0.3, 0.4) is 0 Å². The van der Waals surface area contributed by atoms with Gasteiger partial charge in [0.2, 0.25) is 0 Å². The van der Waals surface area contributed by atoms with Crippen molar-refractivity contribution < 1.29 is 0 Å². The number of unbranched alkanes of at least 4 members (excludes halogenated alkanes) is 1. The summed E-state index contributed by atoms with van der Waals surface area (Å²) in [6.45, 7) is 11.2. The van der Waals surface area contributed by atoms with Crippen LogP contribution in [-0.4, -0.2) is 13.1 Å². The minimum atomic E-state index is 0.416. The highest BCUT2D eigenvalue weighted by Gasteiger charge is 2.07. The van der Waals surface area contributed by atoms with E-state index in [0.29, 0.717) is 5.41 Å². The maximum Gasteiger partial charge on any atom is -0.0000123 e. The van der Waals surface area contributed by atoms with Gasteiger partial charge < -0.3 is 5.32 Å². The lowest BCUT2D eigenvalue weighted by atomic mass is 9.97. The predicted molar refractivity (Wildman–Crippen MR) is 61.0 cm³/mol. The Morgan fingerprint density at radius 1 is 1.15 bits per heavy atom. The molecule has 0 rings (SSSR count). The van der Waals surface area contributed by atoms with Crippen LogP contribution in [0.4, 0.5) is 0 Å². The molecular formula is C12H25N. The molecule has 1 nitrogen and oxygen atoms in total. The van der Waals surface area contributed by atoms with E-state index in [2.05, 4.69) is 45.2 Å². The minimum absolute atomic E-state index is 0.416. The topological polar surface area (TPSA) is 12.0 Å². The molecule has 0 aliphatic heterocycles. The number of hydrogen-bond donors (Lipinski definition) is 1. The predicted octanol–water partition coefficient (Wildman–Crippen LogP) is 3.37. The van der Waals surface area contributed by atoms with E-state index in [0.717, 1.165) is 19.5 Å². The van der Waals surface area contributed by atoms with Gasteiger partial charge in [-0.25, -0.2) is 0 Å². The highest BCUT2D eigenvalue weighted by Crippen LogP contribution is 2.09. The number of nitrogens with one attached hydrogen (secondary N) is 1. The molecule has 0 bridgehead atoms. The van der Waals surface area contributed by atoms with Gasteiger partial charge in [0.05, 0.1) is 0 Å². The molecule has 0 heterocycles. The van der Waals surface area contributed by atoms with Crippen molar-refractivity contribution in [1.29, 1.82) is 0 Å². The Hall–Kier alpha value is -0.300. The van der Waals surface area contributed by atoms with Gasteiger partial charge in [0, 0.05) is 0 Å². The first-order valence-corrected chi connectivity index (χ1v) is 5.42. The van der Waals surface area contributed by atoms with Gasteiger partial charge in [-0.2, -0.15) is 0 Å². The molecule has 0 saturated carbocycles. The van der Waals surface area contributed by atoms with Crippen molar-refractivity contribution in [2.45, 2.75) is 47.0 Å². The fourth-order valence-corrected chi connectivity index (χ4v) is 1.09. The van der Waals surface area contributed by atoms with Crippen molar-refractivity contribution in [3.63, 3.8) is 0 Å². The van der Waals surface area contributed by atoms with Crippen LogP contribution in [0.2, 0.25) is 0 Å². The van der Waals surface area contributed by atoms with Gasteiger partial charge in [0.1, 0.15) is 0 Å². The molecule has 0 amide bonds. The van der Waals surface area contributed by atoms with E-state index in [-0.39, 0.29) is 0 Å². The third-order valence-corrected chi connectivity index (χ3v) is 1.78. The summed E-state index contributed by atoms with van der Waals surface area (Å²) in [7, 11) is 0. The summed E-state index contributed by atoms with van der Waals surface area (Å²) in [4.78, 5) is 0. The maximum absolute atomic E-state index is 3.47. The molecule has 0 atom stereocenters. The van der Waals surface area contributed by atoms with E-state index in [1.165, 1.54) is 12.8 Å². The van der Waals surface area contributed by atoms with Crippen molar-refractivity contribution in [1.82, 2.24) is 5.32 Å². The Kier molecular flexibility index (Phi) is 6.97. The van der Waals surface area contributed by atoms with E-state index in [1.807, 2.05) is 0 Å². The van der Waals surface area contributed by atoms with Gasteiger partial charge in [-0.15, -0.1) is 0 Å². The minimum Gasteiger partial charge on any atom is -0.316 e. The van der Waals surface area contributed by atoms with Crippen LogP contribution in [0.15, 0.2) is 12.2 Å². The normalized spacial score (nSPS) is 12.6. The molecule has 0 fully saturated rings. The molecule has 1 N–H and O–H groups in total. The van der Waals surface area contributed by atoms with Crippen LogP contribution < -0.4 is 5.32 Å². The van der Waals surface area contributed by atoms with Crippen LogP contribution >= 0.6 is 0 Å². The molecule has 0 aromatic carbocycles. The Labute approximate surface area is 83.6 Å². The van der Waals surface area contributed by atoms with E-state index >= 15 is 0 Å². The average molecular weight is 183 g/mol. The summed E-state index contributed by atoms with van der Waals surface area (Å²) in [5.74, 6) is 0. The van der Waals surface area contributed by atoms with Gasteiger partial charge >= 0.3 is 0 Å². The van der Waals surface area contributed by atoms with E-state index in [9.17, 15) is 0 Å². The monoisotopic (exact) mass is 183 g/mol. The van der Waals surface area contributed by atoms with Crippen LogP contribution in [-0.2, 0) is 0 Å². The van der Waals surface area contributed by atoms with Gasteiger partial charge in [0.25, 0.3) is 0 Å². The summed E-state index contributed by atoms with van der Waals surface area (Å²) < 4.78 is 0. The molecule has 0 aromatic rings. The number of allylic oxidation sites excluding steroid dienone is 2. The molecule has 0 unspecified atom stereocenters. The van der Waals surface area contributed by atoms with Gasteiger partial charge in [-0.05, 0) is 37.8 Å². The maximum atomic E-state index is 3.47. The van der Waals surface area contributed by atoms with Crippen LogP contribution in [0.1, 0.15) is 47.0 Å². The summed E-state index contributed by atoms with van der Waals surface area (Å²) >= 11 is 0. The van der Waals surface area contributed by atoms with Crippen molar-refractivity contribution in [2.75, 3.05) is 13.1 Å². The second-order valence-corrected chi connectivity index (χ2v) is 4.76. The molecule has 0 radical (unpaired) electrons. The second-order valence-electron chi connectivity index (χ2n) is 4.76. The lowest BCUT2D eigenvalue weighted by Crippen LogP contribution is -2.27. The van der Waals surface area contributed by atoms with E-state index < -0.39 is 0 Å². The fraction of sp³-hybridized carbons (Fsp3) is 0.833. The first-order chi connectivity index (χ1) is 6.06. The molecule has 13 heavy (non-hydrogen) atoms. The Bertz CT molecular complexity index is 131. The highest BCUT2D eigenvalue weighted by molar-refractivity contribution is 4.80. The van der Waals surface area contributed by atoms with E-state index in [1.54, 1.807) is 0 Å². The first kappa shape index (κ1) is 12.7. The molecule has 1 heteroatoms. The first-order valence-electron chi connectivity index (χ1n) is 5.42. The lowest BCUT2D eigenvalue weighted by Gasteiger charge is -2.18. The van der Waals surface area contributed by atoms with Crippen LogP contribution in [0, 0.1) is 5.41 Å². The highest BCUT2D eigenvalue weighted by atomic mass is 14.9. The SMILES string of the molecule is CC/C=C\CCCNCC(C)(C)C.